The van der Waals surface area contributed by atoms with Crippen LogP contribution in [0.2, 0.25) is 0 Å². The lowest BCUT2D eigenvalue weighted by Crippen LogP contribution is -2.40. The second-order valence-corrected chi connectivity index (χ2v) is 7.62. The first-order valence-corrected chi connectivity index (χ1v) is 10.4. The zero-order chi connectivity index (χ0) is 24.4. The number of nitrogens with one attached hydrogen (secondary N) is 1. The monoisotopic (exact) mass is 468 g/mol. The molecule has 0 saturated carbocycles. The molecular formula is C24H22F2N4O4. The molecule has 34 heavy (non-hydrogen) atoms. The molecule has 1 atom stereocenters. The number of hydrogen-bond donors (Lipinski definition) is 1. The van der Waals surface area contributed by atoms with Crippen molar-refractivity contribution in [1.82, 2.24) is 9.97 Å². The number of aromatic nitrogens is 2. The molecule has 3 heterocycles. The first-order chi connectivity index (χ1) is 16.3. The van der Waals surface area contributed by atoms with Crippen molar-refractivity contribution < 1.29 is 27.8 Å². The Morgan fingerprint density at radius 2 is 1.91 bits per heavy atom. The van der Waals surface area contributed by atoms with Crippen LogP contribution in [0.4, 0.5) is 20.2 Å². The number of halogens is 2. The molecule has 2 aromatic heterocycles. The van der Waals surface area contributed by atoms with Gasteiger partial charge in [-0.05, 0) is 25.1 Å². The number of alkyl halides is 2. The normalized spacial score (nSPS) is 14.8. The van der Waals surface area contributed by atoms with Crippen LogP contribution in [0.3, 0.4) is 0 Å². The molecule has 0 fully saturated rings. The predicted octanol–water partition coefficient (Wildman–Crippen LogP) is 4.19. The number of amides is 2. The molecule has 10 heteroatoms. The maximum Gasteiger partial charge on any atom is 0.263 e. The van der Waals surface area contributed by atoms with Gasteiger partial charge in [0.25, 0.3) is 6.43 Å². The van der Waals surface area contributed by atoms with Gasteiger partial charge in [0.1, 0.15) is 6.54 Å². The van der Waals surface area contributed by atoms with Gasteiger partial charge in [-0.2, -0.15) is 4.98 Å². The number of pyridine rings is 2. The highest BCUT2D eigenvalue weighted by molar-refractivity contribution is 6.09. The van der Waals surface area contributed by atoms with Gasteiger partial charge in [0, 0.05) is 29.1 Å². The van der Waals surface area contributed by atoms with Gasteiger partial charge in [-0.25, -0.2) is 8.78 Å². The van der Waals surface area contributed by atoms with Gasteiger partial charge in [0.05, 0.1) is 37.1 Å². The molecule has 1 aliphatic rings. The largest absolute Gasteiger partial charge is 0.481 e. The van der Waals surface area contributed by atoms with Gasteiger partial charge in [-0.3, -0.25) is 14.6 Å². The number of anilines is 2. The number of carbonyl (C=O) groups excluding carboxylic acids is 2. The summed E-state index contributed by atoms with van der Waals surface area (Å²) in [5.41, 5.74) is 2.27. The van der Waals surface area contributed by atoms with E-state index in [1.807, 2.05) is 6.07 Å². The van der Waals surface area contributed by atoms with E-state index in [9.17, 15) is 18.4 Å². The Morgan fingerprint density at radius 3 is 2.56 bits per heavy atom. The van der Waals surface area contributed by atoms with Crippen LogP contribution in [0, 0.1) is 0 Å². The van der Waals surface area contributed by atoms with Crippen LogP contribution >= 0.6 is 0 Å². The van der Waals surface area contributed by atoms with Gasteiger partial charge < -0.3 is 19.7 Å². The van der Waals surface area contributed by atoms with Crippen LogP contribution in [0.25, 0.3) is 11.1 Å². The van der Waals surface area contributed by atoms with Crippen LogP contribution < -0.4 is 19.7 Å². The van der Waals surface area contributed by atoms with Crippen molar-refractivity contribution in [2.24, 2.45) is 0 Å². The van der Waals surface area contributed by atoms with Crippen molar-refractivity contribution >= 4 is 23.2 Å². The molecule has 176 valence electrons. The number of carbonyl (C=O) groups is 2. The fourth-order valence-electron chi connectivity index (χ4n) is 3.87. The average molecular weight is 468 g/mol. The number of fused-ring (bicyclic) bond motifs is 3. The molecule has 0 radical (unpaired) electrons. The van der Waals surface area contributed by atoms with Gasteiger partial charge in [0.15, 0.2) is 0 Å². The lowest BCUT2D eigenvalue weighted by molar-refractivity contribution is -0.122. The van der Waals surface area contributed by atoms with Crippen molar-refractivity contribution in [3.05, 3.63) is 59.9 Å². The Labute approximate surface area is 194 Å². The number of benzene rings is 1. The van der Waals surface area contributed by atoms with Crippen molar-refractivity contribution in [1.29, 1.82) is 0 Å². The topological polar surface area (TPSA) is 93.7 Å². The molecule has 1 N–H and O–H groups in total. The number of nitrogens with zero attached hydrogens (tertiary/aromatic N) is 3. The quantitative estimate of drug-likeness (QED) is 0.583. The molecule has 0 bridgehead atoms. The summed E-state index contributed by atoms with van der Waals surface area (Å²) >= 11 is 0. The van der Waals surface area contributed by atoms with Crippen molar-refractivity contribution in [3.63, 3.8) is 0 Å². The third kappa shape index (κ3) is 4.26. The summed E-state index contributed by atoms with van der Waals surface area (Å²) in [7, 11) is 2.89. The summed E-state index contributed by atoms with van der Waals surface area (Å²) in [6.45, 7) is 1.38. The van der Waals surface area contributed by atoms with E-state index in [0.29, 0.717) is 28.2 Å². The van der Waals surface area contributed by atoms with Crippen LogP contribution in [0.5, 0.6) is 11.8 Å². The van der Waals surface area contributed by atoms with Crippen LogP contribution in [0.1, 0.15) is 30.5 Å². The third-order valence-corrected chi connectivity index (χ3v) is 5.54. The van der Waals surface area contributed by atoms with Crippen molar-refractivity contribution in [3.8, 4) is 22.9 Å². The minimum atomic E-state index is -2.61. The lowest BCUT2D eigenvalue weighted by Gasteiger charge is -2.25. The molecular weight excluding hydrogens is 446 g/mol. The van der Waals surface area contributed by atoms with Gasteiger partial charge >= 0.3 is 0 Å². The minimum absolute atomic E-state index is 0.152. The predicted molar refractivity (Wildman–Crippen MR) is 121 cm³/mol. The van der Waals surface area contributed by atoms with E-state index in [4.69, 9.17) is 9.47 Å². The smallest absolute Gasteiger partial charge is 0.263 e. The van der Waals surface area contributed by atoms with Crippen LogP contribution in [-0.4, -0.2) is 42.5 Å². The molecule has 1 aliphatic heterocycles. The SMILES string of the molecule is COc1cc2c(c(OC)n1)-c1cccnc1C(C)C(=O)N2CC(=O)Nc1ccc(C(F)F)cc1. The Hall–Kier alpha value is -4.08. The maximum absolute atomic E-state index is 13.5. The van der Waals surface area contributed by atoms with Gasteiger partial charge in [0.2, 0.25) is 23.6 Å². The third-order valence-electron chi connectivity index (χ3n) is 5.54. The number of ether oxygens (including phenoxy) is 2. The molecule has 1 unspecified atom stereocenters. The number of methoxy groups -OCH3 is 2. The first-order valence-electron chi connectivity index (χ1n) is 10.4. The fraction of sp³-hybridized carbons (Fsp3) is 0.250. The summed E-state index contributed by atoms with van der Waals surface area (Å²) in [4.78, 5) is 36.5. The van der Waals surface area contributed by atoms with E-state index in [2.05, 4.69) is 15.3 Å². The molecule has 1 aromatic carbocycles. The second-order valence-electron chi connectivity index (χ2n) is 7.62. The van der Waals surface area contributed by atoms with Crippen molar-refractivity contribution in [2.45, 2.75) is 19.3 Å². The Morgan fingerprint density at radius 1 is 1.18 bits per heavy atom. The van der Waals surface area contributed by atoms with Crippen LogP contribution in [0.15, 0.2) is 48.7 Å². The van der Waals surface area contributed by atoms with E-state index in [0.717, 1.165) is 0 Å². The molecule has 4 rings (SSSR count). The van der Waals surface area contributed by atoms with E-state index < -0.39 is 18.3 Å². The molecule has 8 nitrogen and oxygen atoms in total. The summed E-state index contributed by atoms with van der Waals surface area (Å²) in [6.07, 6.45) is -1.01. The number of rotatable bonds is 6. The number of hydrogen-bond acceptors (Lipinski definition) is 6. The average Bonchev–Trinajstić information content (AvgIpc) is 2.93. The lowest BCUT2D eigenvalue weighted by atomic mass is 9.98. The van der Waals surface area contributed by atoms with E-state index in [-0.39, 0.29) is 29.8 Å². The first kappa shape index (κ1) is 23.1. The molecule has 3 aromatic rings. The molecule has 2 amide bonds. The summed E-state index contributed by atoms with van der Waals surface area (Å²) < 4.78 is 36.4. The zero-order valence-electron chi connectivity index (χ0n) is 18.7. The van der Waals surface area contributed by atoms with Gasteiger partial charge in [-0.1, -0.05) is 18.2 Å². The summed E-state index contributed by atoms with van der Waals surface area (Å²) in [5.74, 6) is -1.09. The Kier molecular flexibility index (Phi) is 6.40. The highest BCUT2D eigenvalue weighted by Crippen LogP contribution is 2.45. The van der Waals surface area contributed by atoms with E-state index >= 15 is 0 Å². The fourth-order valence-corrected chi connectivity index (χ4v) is 3.87. The van der Waals surface area contributed by atoms with Gasteiger partial charge in [-0.15, -0.1) is 0 Å². The maximum atomic E-state index is 13.5. The molecule has 0 spiro atoms. The molecule has 0 aliphatic carbocycles. The van der Waals surface area contributed by atoms with Crippen molar-refractivity contribution in [2.75, 3.05) is 31.0 Å². The summed E-state index contributed by atoms with van der Waals surface area (Å²) in [5, 5.41) is 2.65. The Balaban J connectivity index is 1.74. The highest BCUT2D eigenvalue weighted by Gasteiger charge is 2.36. The zero-order valence-corrected chi connectivity index (χ0v) is 18.7. The Bertz CT molecular complexity index is 1230. The molecule has 0 saturated heterocycles. The highest BCUT2D eigenvalue weighted by atomic mass is 19.3. The minimum Gasteiger partial charge on any atom is -0.481 e. The second kappa shape index (κ2) is 9.42. The summed E-state index contributed by atoms with van der Waals surface area (Å²) in [6, 6.07) is 10.4. The van der Waals surface area contributed by atoms with Crippen LogP contribution in [-0.2, 0) is 9.59 Å². The standard InChI is InChI=1S/C24H22F2N4O4/c1-13-21-16(5-4-10-27-21)20-17(11-19(33-2)29-23(20)34-3)30(24(13)32)12-18(31)28-15-8-6-14(7-9-15)22(25)26/h4-11,13,22H,12H2,1-3H3,(H,28,31). The van der Waals surface area contributed by atoms with E-state index in [1.165, 1.54) is 43.4 Å². The van der Waals surface area contributed by atoms with E-state index in [1.54, 1.807) is 25.3 Å².